The van der Waals surface area contributed by atoms with Gasteiger partial charge in [0.05, 0.1) is 0 Å². The van der Waals surface area contributed by atoms with Gasteiger partial charge in [0.25, 0.3) is 0 Å². The highest BCUT2D eigenvalue weighted by atomic mass is 32.1. The average molecular weight is 298 g/mol. The number of para-hydroxylation sites is 1. The number of nitrogens with zero attached hydrogens (tertiary/aromatic N) is 4. The summed E-state index contributed by atoms with van der Waals surface area (Å²) in [6.07, 6.45) is 0. The number of aromatic nitrogens is 4. The van der Waals surface area contributed by atoms with Gasteiger partial charge in [-0.3, -0.25) is 0 Å². The van der Waals surface area contributed by atoms with E-state index in [4.69, 9.17) is 4.42 Å². The molecule has 0 radical (unpaired) electrons. The van der Waals surface area contributed by atoms with Crippen LogP contribution in [0.15, 0.2) is 34.7 Å². The molecular formula is C15H14N4OS. The van der Waals surface area contributed by atoms with E-state index in [-0.39, 0.29) is 5.41 Å². The third-order valence-electron chi connectivity index (χ3n) is 3.28. The molecule has 5 nitrogen and oxygen atoms in total. The Labute approximate surface area is 125 Å². The molecule has 0 spiro atoms. The van der Waals surface area contributed by atoms with Crippen molar-refractivity contribution in [2.45, 2.75) is 26.2 Å². The van der Waals surface area contributed by atoms with Crippen LogP contribution in [-0.2, 0) is 5.41 Å². The highest BCUT2D eigenvalue weighted by Crippen LogP contribution is 2.31. The molecule has 4 rings (SSSR count). The zero-order valence-corrected chi connectivity index (χ0v) is 12.8. The first-order valence-electron chi connectivity index (χ1n) is 6.74. The maximum Gasteiger partial charge on any atom is 0.235 e. The van der Waals surface area contributed by atoms with Crippen molar-refractivity contribution in [2.24, 2.45) is 0 Å². The molecule has 3 heterocycles. The molecule has 0 saturated heterocycles. The van der Waals surface area contributed by atoms with Gasteiger partial charge in [-0.25, -0.2) is 0 Å². The lowest BCUT2D eigenvalue weighted by Gasteiger charge is -2.12. The van der Waals surface area contributed by atoms with E-state index in [1.54, 1.807) is 15.9 Å². The minimum atomic E-state index is -0.00346. The maximum absolute atomic E-state index is 5.86. The molecule has 1 aromatic carbocycles. The standard InChI is InChI=1S/C15H14N4OS/c1-15(2,3)13-18-19-12(16-17-14(19)21-13)11-8-9-6-4-5-7-10(9)20-11/h4-8H,1-3H3. The molecular weight excluding hydrogens is 284 g/mol. The summed E-state index contributed by atoms with van der Waals surface area (Å²) in [5, 5.41) is 15.1. The Hall–Kier alpha value is -2.21. The van der Waals surface area contributed by atoms with Gasteiger partial charge in [0.1, 0.15) is 10.6 Å². The molecule has 0 amide bonds. The summed E-state index contributed by atoms with van der Waals surface area (Å²) in [6, 6.07) is 9.87. The molecule has 0 saturated carbocycles. The molecule has 106 valence electrons. The van der Waals surface area contributed by atoms with Gasteiger partial charge in [-0.05, 0) is 12.1 Å². The van der Waals surface area contributed by atoms with E-state index in [2.05, 4.69) is 36.1 Å². The Morgan fingerprint density at radius 2 is 1.95 bits per heavy atom. The SMILES string of the molecule is CC(C)(C)c1nn2c(-c3cc4ccccc4o3)nnc2s1. The van der Waals surface area contributed by atoms with Crippen molar-refractivity contribution in [1.82, 2.24) is 19.8 Å². The first kappa shape index (κ1) is 12.5. The van der Waals surface area contributed by atoms with Gasteiger partial charge in [0.2, 0.25) is 10.8 Å². The minimum Gasteiger partial charge on any atom is -0.453 e. The van der Waals surface area contributed by atoms with Gasteiger partial charge in [-0.15, -0.1) is 10.2 Å². The molecule has 6 heteroatoms. The molecule has 0 atom stereocenters. The summed E-state index contributed by atoms with van der Waals surface area (Å²) < 4.78 is 7.62. The van der Waals surface area contributed by atoms with Crippen molar-refractivity contribution in [3.63, 3.8) is 0 Å². The van der Waals surface area contributed by atoms with E-state index < -0.39 is 0 Å². The van der Waals surface area contributed by atoms with Crippen molar-refractivity contribution in [3.05, 3.63) is 35.3 Å². The predicted molar refractivity (Wildman–Crippen MR) is 82.6 cm³/mol. The van der Waals surface area contributed by atoms with E-state index in [0.717, 1.165) is 20.9 Å². The molecule has 4 aromatic rings. The smallest absolute Gasteiger partial charge is 0.235 e. The number of hydrogen-bond donors (Lipinski definition) is 0. The quantitative estimate of drug-likeness (QED) is 0.535. The van der Waals surface area contributed by atoms with Gasteiger partial charge in [0.15, 0.2) is 5.76 Å². The van der Waals surface area contributed by atoms with Gasteiger partial charge in [-0.2, -0.15) is 9.61 Å². The summed E-state index contributed by atoms with van der Waals surface area (Å²) in [6.45, 7) is 6.42. The van der Waals surface area contributed by atoms with Crippen LogP contribution < -0.4 is 0 Å². The van der Waals surface area contributed by atoms with Crippen molar-refractivity contribution in [2.75, 3.05) is 0 Å². The topological polar surface area (TPSA) is 56.2 Å². The summed E-state index contributed by atoms with van der Waals surface area (Å²) in [7, 11) is 0. The molecule has 0 fully saturated rings. The van der Waals surface area contributed by atoms with Gasteiger partial charge in [0, 0.05) is 10.8 Å². The third-order valence-corrected chi connectivity index (χ3v) is 4.60. The number of fused-ring (bicyclic) bond motifs is 2. The summed E-state index contributed by atoms with van der Waals surface area (Å²) in [5.74, 6) is 1.34. The number of furan rings is 1. The van der Waals surface area contributed by atoms with Crippen LogP contribution in [0.25, 0.3) is 27.5 Å². The van der Waals surface area contributed by atoms with Crippen molar-refractivity contribution >= 4 is 27.3 Å². The molecule has 0 unspecified atom stereocenters. The van der Waals surface area contributed by atoms with Gasteiger partial charge < -0.3 is 4.42 Å². The van der Waals surface area contributed by atoms with Crippen molar-refractivity contribution < 1.29 is 4.42 Å². The van der Waals surface area contributed by atoms with Gasteiger partial charge in [-0.1, -0.05) is 50.3 Å². The Kier molecular flexibility index (Phi) is 2.47. The van der Waals surface area contributed by atoms with Crippen LogP contribution in [0.4, 0.5) is 0 Å². The first-order valence-corrected chi connectivity index (χ1v) is 7.56. The van der Waals surface area contributed by atoms with Crippen molar-refractivity contribution in [1.29, 1.82) is 0 Å². The fourth-order valence-electron chi connectivity index (χ4n) is 2.17. The maximum atomic E-state index is 5.86. The highest BCUT2D eigenvalue weighted by molar-refractivity contribution is 7.16. The fourth-order valence-corrected chi connectivity index (χ4v) is 3.06. The molecule has 3 aromatic heterocycles. The summed E-state index contributed by atoms with van der Waals surface area (Å²) >= 11 is 1.56. The number of benzene rings is 1. The normalized spacial score (nSPS) is 12.5. The van der Waals surface area contributed by atoms with Crippen LogP contribution >= 0.6 is 11.3 Å². The monoisotopic (exact) mass is 298 g/mol. The van der Waals surface area contributed by atoms with E-state index in [0.29, 0.717) is 11.6 Å². The van der Waals surface area contributed by atoms with E-state index in [9.17, 15) is 0 Å². The molecule has 0 bridgehead atoms. The second-order valence-electron chi connectivity index (χ2n) is 6.02. The predicted octanol–water partition coefficient (Wildman–Crippen LogP) is 3.90. The largest absolute Gasteiger partial charge is 0.453 e. The van der Waals surface area contributed by atoms with E-state index in [1.807, 2.05) is 30.3 Å². The van der Waals surface area contributed by atoms with Crippen LogP contribution in [0.2, 0.25) is 0 Å². The molecule has 0 aliphatic carbocycles. The second kappa shape index (κ2) is 4.14. The zero-order valence-electron chi connectivity index (χ0n) is 12.0. The first-order chi connectivity index (χ1) is 10.0. The number of rotatable bonds is 1. The highest BCUT2D eigenvalue weighted by Gasteiger charge is 2.23. The Balaban J connectivity index is 1.91. The average Bonchev–Trinajstić information content (AvgIpc) is 3.10. The fraction of sp³-hybridized carbons (Fsp3) is 0.267. The van der Waals surface area contributed by atoms with Crippen molar-refractivity contribution in [3.8, 4) is 11.6 Å². The molecule has 0 N–H and O–H groups in total. The van der Waals surface area contributed by atoms with Crippen LogP contribution in [-0.4, -0.2) is 19.8 Å². The zero-order chi connectivity index (χ0) is 14.6. The molecule has 0 aliphatic rings. The lowest BCUT2D eigenvalue weighted by molar-refractivity contribution is 0.571. The van der Waals surface area contributed by atoms with Crippen LogP contribution in [0.3, 0.4) is 0 Å². The molecule has 21 heavy (non-hydrogen) atoms. The van der Waals surface area contributed by atoms with E-state index >= 15 is 0 Å². The van der Waals surface area contributed by atoms with E-state index in [1.165, 1.54) is 0 Å². The Morgan fingerprint density at radius 3 is 2.71 bits per heavy atom. The van der Waals surface area contributed by atoms with Crippen LogP contribution in [0.5, 0.6) is 0 Å². The Morgan fingerprint density at radius 1 is 1.14 bits per heavy atom. The van der Waals surface area contributed by atoms with Crippen LogP contribution in [0, 0.1) is 0 Å². The lowest BCUT2D eigenvalue weighted by Crippen LogP contribution is -2.11. The summed E-state index contributed by atoms with van der Waals surface area (Å²) in [5.41, 5.74) is 0.840. The third kappa shape index (κ3) is 1.94. The Bertz CT molecular complexity index is 908. The minimum absolute atomic E-state index is 0.00346. The lowest BCUT2D eigenvalue weighted by atomic mass is 9.98. The molecule has 0 aliphatic heterocycles. The van der Waals surface area contributed by atoms with Crippen LogP contribution in [0.1, 0.15) is 25.8 Å². The van der Waals surface area contributed by atoms with Gasteiger partial charge >= 0.3 is 0 Å². The summed E-state index contributed by atoms with van der Waals surface area (Å²) in [4.78, 5) is 0.787. The number of hydrogen-bond acceptors (Lipinski definition) is 5. The second-order valence-corrected chi connectivity index (χ2v) is 6.98.